The van der Waals surface area contributed by atoms with Crippen molar-refractivity contribution in [2.45, 2.75) is 58.0 Å². The molecule has 2 unspecified atom stereocenters. The third-order valence-corrected chi connectivity index (χ3v) is 4.76. The van der Waals surface area contributed by atoms with Gasteiger partial charge in [-0.15, -0.1) is 24.0 Å². The van der Waals surface area contributed by atoms with E-state index >= 15 is 0 Å². The van der Waals surface area contributed by atoms with Crippen molar-refractivity contribution in [2.75, 3.05) is 32.8 Å². The molecule has 7 heteroatoms. The SMILES string of the molecule is CCCC(CCO)CN=C(NCCc1ccco1)NCC1CCCCO1.I. The van der Waals surface area contributed by atoms with Gasteiger partial charge in [0.15, 0.2) is 5.96 Å². The van der Waals surface area contributed by atoms with Crippen LogP contribution >= 0.6 is 24.0 Å². The van der Waals surface area contributed by atoms with Crippen molar-refractivity contribution in [1.29, 1.82) is 0 Å². The summed E-state index contributed by atoms with van der Waals surface area (Å²) in [5.74, 6) is 2.22. The lowest BCUT2D eigenvalue weighted by molar-refractivity contribution is 0.0194. The van der Waals surface area contributed by atoms with Crippen LogP contribution in [-0.4, -0.2) is 50.0 Å². The molecular formula is C20H36IN3O3. The van der Waals surface area contributed by atoms with E-state index in [1.807, 2.05) is 12.1 Å². The van der Waals surface area contributed by atoms with Gasteiger partial charge in [-0.3, -0.25) is 4.99 Å². The minimum absolute atomic E-state index is 0. The lowest BCUT2D eigenvalue weighted by Crippen LogP contribution is -2.43. The first-order valence-electron chi connectivity index (χ1n) is 10.1. The number of furan rings is 1. The molecule has 1 saturated heterocycles. The highest BCUT2D eigenvalue weighted by Crippen LogP contribution is 2.12. The fraction of sp³-hybridized carbons (Fsp3) is 0.750. The molecule has 3 N–H and O–H groups in total. The second-order valence-electron chi connectivity index (χ2n) is 6.98. The highest BCUT2D eigenvalue weighted by atomic mass is 127. The van der Waals surface area contributed by atoms with Crippen molar-refractivity contribution >= 4 is 29.9 Å². The number of nitrogens with zero attached hydrogens (tertiary/aromatic N) is 1. The number of aliphatic imine (C=N–C) groups is 1. The van der Waals surface area contributed by atoms with Crippen LogP contribution < -0.4 is 10.6 Å². The summed E-state index contributed by atoms with van der Waals surface area (Å²) in [4.78, 5) is 4.76. The molecule has 1 aliphatic heterocycles. The van der Waals surface area contributed by atoms with Crippen molar-refractivity contribution in [3.05, 3.63) is 24.2 Å². The van der Waals surface area contributed by atoms with Crippen molar-refractivity contribution < 1.29 is 14.3 Å². The Balaban J connectivity index is 0.00000364. The number of aliphatic hydroxyl groups excluding tert-OH is 1. The lowest BCUT2D eigenvalue weighted by atomic mass is 10.0. The fourth-order valence-electron chi connectivity index (χ4n) is 3.25. The second kappa shape index (κ2) is 15.2. The first-order chi connectivity index (χ1) is 12.8. The largest absolute Gasteiger partial charge is 0.469 e. The zero-order valence-electron chi connectivity index (χ0n) is 16.5. The van der Waals surface area contributed by atoms with Crippen LogP contribution in [0.4, 0.5) is 0 Å². The lowest BCUT2D eigenvalue weighted by Gasteiger charge is -2.24. The van der Waals surface area contributed by atoms with Crippen molar-refractivity contribution in [1.82, 2.24) is 10.6 Å². The maximum atomic E-state index is 9.24. The summed E-state index contributed by atoms with van der Waals surface area (Å²) in [5.41, 5.74) is 0. The summed E-state index contributed by atoms with van der Waals surface area (Å²) >= 11 is 0. The van der Waals surface area contributed by atoms with Crippen LogP contribution in [0.3, 0.4) is 0 Å². The number of halogens is 1. The quantitative estimate of drug-likeness (QED) is 0.251. The Bertz CT molecular complexity index is 485. The zero-order valence-corrected chi connectivity index (χ0v) is 18.8. The summed E-state index contributed by atoms with van der Waals surface area (Å²) in [5, 5.41) is 16.1. The third kappa shape index (κ3) is 10.4. The molecule has 2 rings (SSSR count). The van der Waals surface area contributed by atoms with Crippen LogP contribution in [0.15, 0.2) is 27.8 Å². The predicted octanol–water partition coefficient (Wildman–Crippen LogP) is 3.34. The van der Waals surface area contributed by atoms with Crippen LogP contribution in [0, 0.1) is 5.92 Å². The molecule has 0 bridgehead atoms. The molecule has 2 heterocycles. The monoisotopic (exact) mass is 493 g/mol. The number of nitrogens with one attached hydrogen (secondary N) is 2. The molecule has 0 aromatic carbocycles. The fourth-order valence-corrected chi connectivity index (χ4v) is 3.25. The Morgan fingerprint density at radius 3 is 2.89 bits per heavy atom. The van der Waals surface area contributed by atoms with Crippen LogP contribution in [0.2, 0.25) is 0 Å². The molecule has 0 amide bonds. The van der Waals surface area contributed by atoms with Crippen LogP contribution in [-0.2, 0) is 11.2 Å². The Labute approximate surface area is 180 Å². The molecule has 1 aromatic heterocycles. The molecular weight excluding hydrogens is 457 g/mol. The Morgan fingerprint density at radius 1 is 1.33 bits per heavy atom. The van der Waals surface area contributed by atoms with Crippen molar-refractivity contribution in [3.8, 4) is 0 Å². The van der Waals surface area contributed by atoms with E-state index in [1.54, 1.807) is 6.26 Å². The van der Waals surface area contributed by atoms with E-state index in [2.05, 4.69) is 17.6 Å². The van der Waals surface area contributed by atoms with Gasteiger partial charge in [0.2, 0.25) is 0 Å². The molecule has 1 aliphatic rings. The van der Waals surface area contributed by atoms with Gasteiger partial charge in [0, 0.05) is 39.3 Å². The maximum Gasteiger partial charge on any atom is 0.191 e. The minimum Gasteiger partial charge on any atom is -0.469 e. The van der Waals surface area contributed by atoms with Crippen LogP contribution in [0.1, 0.15) is 51.2 Å². The van der Waals surface area contributed by atoms with Gasteiger partial charge in [0.1, 0.15) is 5.76 Å². The number of aliphatic hydroxyl groups is 1. The normalized spacial score (nSPS) is 18.6. The predicted molar refractivity (Wildman–Crippen MR) is 120 cm³/mol. The van der Waals surface area contributed by atoms with E-state index in [-0.39, 0.29) is 36.7 Å². The smallest absolute Gasteiger partial charge is 0.191 e. The van der Waals surface area contributed by atoms with Crippen molar-refractivity contribution in [2.24, 2.45) is 10.9 Å². The van der Waals surface area contributed by atoms with E-state index < -0.39 is 0 Å². The number of rotatable bonds is 11. The van der Waals surface area contributed by atoms with Gasteiger partial charge in [0.25, 0.3) is 0 Å². The van der Waals surface area contributed by atoms with Gasteiger partial charge >= 0.3 is 0 Å². The highest BCUT2D eigenvalue weighted by molar-refractivity contribution is 14.0. The molecule has 6 nitrogen and oxygen atoms in total. The number of hydrogen-bond donors (Lipinski definition) is 3. The van der Waals surface area contributed by atoms with E-state index in [4.69, 9.17) is 14.1 Å². The molecule has 1 aromatic rings. The molecule has 1 fully saturated rings. The average molecular weight is 493 g/mol. The van der Waals surface area contributed by atoms with Gasteiger partial charge in [-0.25, -0.2) is 0 Å². The standard InChI is InChI=1S/C20H35N3O3.HI/c1-2-6-17(10-12-24)15-22-20(21-11-9-18-8-5-14-25-18)23-16-19-7-3-4-13-26-19;/h5,8,14,17,19,24H,2-4,6-7,9-13,15-16H2,1H3,(H2,21,22,23);1H. The topological polar surface area (TPSA) is 79.0 Å². The number of hydrogen-bond acceptors (Lipinski definition) is 4. The Kier molecular flexibility index (Phi) is 13.6. The van der Waals surface area contributed by atoms with E-state index in [0.29, 0.717) is 5.92 Å². The molecule has 156 valence electrons. The first kappa shape index (κ1) is 24.2. The zero-order chi connectivity index (χ0) is 18.5. The molecule has 0 saturated carbocycles. The van der Waals surface area contributed by atoms with Gasteiger partial charge in [-0.1, -0.05) is 13.3 Å². The molecule has 2 atom stereocenters. The first-order valence-corrected chi connectivity index (χ1v) is 10.1. The van der Waals surface area contributed by atoms with Crippen molar-refractivity contribution in [3.63, 3.8) is 0 Å². The Morgan fingerprint density at radius 2 is 2.22 bits per heavy atom. The molecule has 27 heavy (non-hydrogen) atoms. The van der Waals surface area contributed by atoms with E-state index in [9.17, 15) is 5.11 Å². The number of ether oxygens (including phenoxy) is 1. The van der Waals surface area contributed by atoms with E-state index in [0.717, 1.165) is 70.1 Å². The molecule has 0 aliphatic carbocycles. The summed E-state index contributed by atoms with van der Waals surface area (Å²) in [6, 6.07) is 3.90. The number of guanidine groups is 1. The highest BCUT2D eigenvalue weighted by Gasteiger charge is 2.14. The third-order valence-electron chi connectivity index (χ3n) is 4.76. The van der Waals surface area contributed by atoms with Gasteiger partial charge < -0.3 is 24.9 Å². The molecule has 0 spiro atoms. The van der Waals surface area contributed by atoms with Gasteiger partial charge in [-0.05, 0) is 50.2 Å². The van der Waals surface area contributed by atoms with Gasteiger partial charge in [0.05, 0.1) is 12.4 Å². The van der Waals surface area contributed by atoms with Crippen LogP contribution in [0.5, 0.6) is 0 Å². The summed E-state index contributed by atoms with van der Waals surface area (Å²) in [6.07, 6.45) is 9.32. The summed E-state index contributed by atoms with van der Waals surface area (Å²) < 4.78 is 11.2. The van der Waals surface area contributed by atoms with Gasteiger partial charge in [-0.2, -0.15) is 0 Å². The second-order valence-corrected chi connectivity index (χ2v) is 6.98. The van der Waals surface area contributed by atoms with Crippen LogP contribution in [0.25, 0.3) is 0 Å². The maximum absolute atomic E-state index is 9.24. The summed E-state index contributed by atoms with van der Waals surface area (Å²) in [7, 11) is 0. The Hall–Kier alpha value is -0.800. The molecule has 0 radical (unpaired) electrons. The summed E-state index contributed by atoms with van der Waals surface area (Å²) in [6.45, 7) is 5.55. The van der Waals surface area contributed by atoms with E-state index in [1.165, 1.54) is 12.8 Å². The average Bonchev–Trinajstić information content (AvgIpc) is 3.18. The minimum atomic E-state index is 0.